The lowest BCUT2D eigenvalue weighted by atomic mass is 10.0. The van der Waals surface area contributed by atoms with Crippen LogP contribution in [-0.2, 0) is 4.79 Å². The quantitative estimate of drug-likeness (QED) is 0.584. The van der Waals surface area contributed by atoms with Crippen LogP contribution in [0.3, 0.4) is 0 Å². The second kappa shape index (κ2) is 6.72. The lowest BCUT2D eigenvalue weighted by Gasteiger charge is -2.13. The lowest BCUT2D eigenvalue weighted by molar-refractivity contribution is -0.384. The molecule has 104 valence electrons. The molecule has 1 aromatic rings. The molecule has 0 saturated heterocycles. The highest BCUT2D eigenvalue weighted by Crippen LogP contribution is 2.21. The van der Waals surface area contributed by atoms with Crippen LogP contribution < -0.4 is 5.32 Å². The van der Waals surface area contributed by atoms with Gasteiger partial charge in [-0.25, -0.2) is 0 Å². The van der Waals surface area contributed by atoms with Gasteiger partial charge in [0.25, 0.3) is 5.69 Å². The van der Waals surface area contributed by atoms with E-state index in [1.54, 1.807) is 13.0 Å². The van der Waals surface area contributed by atoms with Gasteiger partial charge < -0.3 is 10.4 Å². The summed E-state index contributed by atoms with van der Waals surface area (Å²) in [7, 11) is 0. The Balaban J connectivity index is 2.76. The van der Waals surface area contributed by atoms with E-state index in [2.05, 4.69) is 5.32 Å². The van der Waals surface area contributed by atoms with Gasteiger partial charge in [-0.1, -0.05) is 13.3 Å². The number of aliphatic carboxylic acids is 1. The van der Waals surface area contributed by atoms with Gasteiger partial charge in [0.1, 0.15) is 0 Å². The summed E-state index contributed by atoms with van der Waals surface area (Å²) in [5, 5.41) is 22.7. The third-order valence-electron chi connectivity index (χ3n) is 2.81. The standard InChI is InChI=1S/C13H18N2O4/c1-3-4-10(13(16)17)8-14-11-5-9(2)6-12(7-11)15(18)19/h5-7,10,14H,3-4,8H2,1-2H3,(H,16,17). The maximum atomic E-state index is 11.0. The van der Waals surface area contributed by atoms with E-state index in [1.807, 2.05) is 6.92 Å². The number of carboxylic acids is 1. The second-order valence-corrected chi connectivity index (χ2v) is 4.52. The lowest BCUT2D eigenvalue weighted by Crippen LogP contribution is -2.22. The first-order valence-corrected chi connectivity index (χ1v) is 6.16. The van der Waals surface area contributed by atoms with Gasteiger partial charge in [-0.2, -0.15) is 0 Å². The molecule has 1 aromatic carbocycles. The minimum atomic E-state index is -0.850. The minimum Gasteiger partial charge on any atom is -0.481 e. The van der Waals surface area contributed by atoms with Crippen molar-refractivity contribution in [2.75, 3.05) is 11.9 Å². The molecule has 0 saturated carbocycles. The average Bonchev–Trinajstić information content (AvgIpc) is 2.33. The van der Waals surface area contributed by atoms with E-state index in [0.29, 0.717) is 12.1 Å². The number of nitro benzene ring substituents is 1. The summed E-state index contributed by atoms with van der Waals surface area (Å²) in [6, 6.07) is 4.65. The molecular weight excluding hydrogens is 248 g/mol. The Bertz CT molecular complexity index is 474. The summed E-state index contributed by atoms with van der Waals surface area (Å²) in [6.07, 6.45) is 1.36. The number of benzene rings is 1. The predicted molar refractivity (Wildman–Crippen MR) is 72.4 cm³/mol. The second-order valence-electron chi connectivity index (χ2n) is 4.52. The smallest absolute Gasteiger partial charge is 0.308 e. The van der Waals surface area contributed by atoms with Crippen molar-refractivity contribution in [1.82, 2.24) is 0 Å². The zero-order valence-corrected chi connectivity index (χ0v) is 11.0. The summed E-state index contributed by atoms with van der Waals surface area (Å²) in [4.78, 5) is 21.3. The third-order valence-corrected chi connectivity index (χ3v) is 2.81. The van der Waals surface area contributed by atoms with Crippen LogP contribution in [0, 0.1) is 23.0 Å². The van der Waals surface area contributed by atoms with Crippen LogP contribution >= 0.6 is 0 Å². The van der Waals surface area contributed by atoms with Gasteiger partial charge in [-0.05, 0) is 25.0 Å². The summed E-state index contributed by atoms with van der Waals surface area (Å²) >= 11 is 0. The molecule has 19 heavy (non-hydrogen) atoms. The molecule has 0 amide bonds. The summed E-state index contributed by atoms with van der Waals surface area (Å²) in [5.41, 5.74) is 1.35. The highest BCUT2D eigenvalue weighted by molar-refractivity contribution is 5.71. The molecule has 6 heteroatoms. The Labute approximate surface area is 111 Å². The number of non-ortho nitro benzene ring substituents is 1. The van der Waals surface area contributed by atoms with E-state index < -0.39 is 16.8 Å². The van der Waals surface area contributed by atoms with Crippen LogP contribution in [0.5, 0.6) is 0 Å². The SMILES string of the molecule is CCCC(CNc1cc(C)cc([N+](=O)[O-])c1)C(=O)O. The summed E-state index contributed by atoms with van der Waals surface area (Å²) in [5.74, 6) is -1.33. The van der Waals surface area contributed by atoms with Crippen molar-refractivity contribution in [3.63, 3.8) is 0 Å². The fraction of sp³-hybridized carbons (Fsp3) is 0.462. The fourth-order valence-corrected chi connectivity index (χ4v) is 1.87. The number of aryl methyl sites for hydroxylation is 1. The molecule has 0 heterocycles. The molecular formula is C13H18N2O4. The van der Waals surface area contributed by atoms with Gasteiger partial charge in [-0.3, -0.25) is 14.9 Å². The van der Waals surface area contributed by atoms with Crippen molar-refractivity contribution in [3.05, 3.63) is 33.9 Å². The van der Waals surface area contributed by atoms with Crippen LogP contribution in [0.2, 0.25) is 0 Å². The van der Waals surface area contributed by atoms with Crippen LogP contribution in [0.1, 0.15) is 25.3 Å². The van der Waals surface area contributed by atoms with Gasteiger partial charge in [0.05, 0.1) is 10.8 Å². The number of anilines is 1. The Morgan fingerprint density at radius 3 is 2.68 bits per heavy atom. The summed E-state index contributed by atoms with van der Waals surface area (Å²) < 4.78 is 0. The van der Waals surface area contributed by atoms with Crippen LogP contribution in [0.4, 0.5) is 11.4 Å². The Morgan fingerprint density at radius 1 is 1.47 bits per heavy atom. The van der Waals surface area contributed by atoms with Gasteiger partial charge in [-0.15, -0.1) is 0 Å². The van der Waals surface area contributed by atoms with Gasteiger partial charge in [0.15, 0.2) is 0 Å². The van der Waals surface area contributed by atoms with Gasteiger partial charge in [0.2, 0.25) is 0 Å². The first-order chi connectivity index (χ1) is 8.93. The van der Waals surface area contributed by atoms with E-state index in [1.165, 1.54) is 12.1 Å². The molecule has 0 aliphatic carbocycles. The van der Waals surface area contributed by atoms with E-state index in [4.69, 9.17) is 5.11 Å². The van der Waals surface area contributed by atoms with Crippen molar-refractivity contribution in [2.45, 2.75) is 26.7 Å². The van der Waals surface area contributed by atoms with Crippen LogP contribution in [-0.4, -0.2) is 22.5 Å². The Kier molecular flexibility index (Phi) is 5.29. The van der Waals surface area contributed by atoms with Crippen molar-refractivity contribution < 1.29 is 14.8 Å². The molecule has 1 rings (SSSR count). The number of carboxylic acid groups (broad SMARTS) is 1. The molecule has 0 bridgehead atoms. The van der Waals surface area contributed by atoms with Crippen molar-refractivity contribution in [3.8, 4) is 0 Å². The average molecular weight is 266 g/mol. The zero-order chi connectivity index (χ0) is 14.4. The van der Waals surface area contributed by atoms with Gasteiger partial charge in [0, 0.05) is 24.4 Å². The maximum absolute atomic E-state index is 11.0. The van der Waals surface area contributed by atoms with Crippen LogP contribution in [0.15, 0.2) is 18.2 Å². The Morgan fingerprint density at radius 2 is 2.16 bits per heavy atom. The van der Waals surface area contributed by atoms with Crippen molar-refractivity contribution in [2.24, 2.45) is 5.92 Å². The Hall–Kier alpha value is -2.11. The molecule has 1 atom stereocenters. The molecule has 0 aliphatic rings. The number of nitrogens with zero attached hydrogens (tertiary/aromatic N) is 1. The molecule has 0 fully saturated rings. The van der Waals surface area contributed by atoms with Crippen molar-refractivity contribution in [1.29, 1.82) is 0 Å². The fourth-order valence-electron chi connectivity index (χ4n) is 1.87. The number of nitro groups is 1. The molecule has 1 unspecified atom stereocenters. The number of carbonyl (C=O) groups is 1. The zero-order valence-electron chi connectivity index (χ0n) is 11.0. The highest BCUT2D eigenvalue weighted by atomic mass is 16.6. The number of nitrogens with one attached hydrogen (secondary N) is 1. The predicted octanol–water partition coefficient (Wildman–Crippen LogP) is 2.82. The van der Waals surface area contributed by atoms with E-state index in [0.717, 1.165) is 12.0 Å². The number of rotatable bonds is 7. The number of hydrogen-bond acceptors (Lipinski definition) is 4. The molecule has 0 aliphatic heterocycles. The normalized spacial score (nSPS) is 11.9. The van der Waals surface area contributed by atoms with E-state index in [9.17, 15) is 14.9 Å². The topological polar surface area (TPSA) is 92.5 Å². The van der Waals surface area contributed by atoms with E-state index >= 15 is 0 Å². The minimum absolute atomic E-state index is 0.00451. The first-order valence-electron chi connectivity index (χ1n) is 6.16. The van der Waals surface area contributed by atoms with Crippen molar-refractivity contribution >= 4 is 17.3 Å². The highest BCUT2D eigenvalue weighted by Gasteiger charge is 2.16. The molecule has 0 radical (unpaired) electrons. The largest absolute Gasteiger partial charge is 0.481 e. The molecule has 6 nitrogen and oxygen atoms in total. The maximum Gasteiger partial charge on any atom is 0.308 e. The molecule has 2 N–H and O–H groups in total. The molecule has 0 aromatic heterocycles. The first kappa shape index (κ1) is 14.9. The van der Waals surface area contributed by atoms with E-state index in [-0.39, 0.29) is 12.2 Å². The van der Waals surface area contributed by atoms with Gasteiger partial charge >= 0.3 is 5.97 Å². The molecule has 0 spiro atoms. The number of hydrogen-bond donors (Lipinski definition) is 2. The summed E-state index contributed by atoms with van der Waals surface area (Å²) in [6.45, 7) is 3.95. The van der Waals surface area contributed by atoms with Crippen LogP contribution in [0.25, 0.3) is 0 Å². The third kappa shape index (κ3) is 4.57. The monoisotopic (exact) mass is 266 g/mol.